The van der Waals surface area contributed by atoms with E-state index in [9.17, 15) is 4.79 Å². The van der Waals surface area contributed by atoms with Crippen molar-refractivity contribution in [3.8, 4) is 16.6 Å². The van der Waals surface area contributed by atoms with Crippen molar-refractivity contribution in [2.75, 3.05) is 11.4 Å². The Morgan fingerprint density at radius 1 is 1.27 bits per heavy atom. The first-order valence-electron chi connectivity index (χ1n) is 8.37. The van der Waals surface area contributed by atoms with E-state index >= 15 is 0 Å². The van der Waals surface area contributed by atoms with Crippen LogP contribution in [-0.2, 0) is 0 Å². The number of rotatable bonds is 2. The summed E-state index contributed by atoms with van der Waals surface area (Å²) in [5.74, 6) is 1.20. The molecule has 1 aliphatic rings. The van der Waals surface area contributed by atoms with E-state index < -0.39 is 0 Å². The van der Waals surface area contributed by atoms with Gasteiger partial charge in [0.1, 0.15) is 16.7 Å². The number of carbonyl (C=O) groups is 1. The Kier molecular flexibility index (Phi) is 4.16. The van der Waals surface area contributed by atoms with Gasteiger partial charge in [-0.2, -0.15) is 0 Å². The molecule has 0 spiro atoms. The summed E-state index contributed by atoms with van der Waals surface area (Å²) in [7, 11) is 0. The smallest absolute Gasteiger partial charge is 0.270 e. The lowest BCUT2D eigenvalue weighted by Gasteiger charge is -2.33. The van der Waals surface area contributed by atoms with Gasteiger partial charge in [0.05, 0.1) is 17.9 Å². The first-order valence-corrected chi connectivity index (χ1v) is 9.18. The molecule has 6 nitrogen and oxygen atoms in total. The van der Waals surface area contributed by atoms with Gasteiger partial charge in [0.15, 0.2) is 10.8 Å². The number of thiazole rings is 1. The zero-order valence-electron chi connectivity index (χ0n) is 14.8. The fraction of sp³-hybridized carbons (Fsp3) is 0.263. The molecule has 3 aromatic rings. The molecule has 0 fully saturated rings. The van der Waals surface area contributed by atoms with Gasteiger partial charge in [-0.15, -0.1) is 11.3 Å². The van der Waals surface area contributed by atoms with E-state index in [0.29, 0.717) is 27.9 Å². The maximum absolute atomic E-state index is 13.3. The Morgan fingerprint density at radius 3 is 2.81 bits per heavy atom. The summed E-state index contributed by atoms with van der Waals surface area (Å²) in [6, 6.07) is 7.65. The second kappa shape index (κ2) is 6.49. The van der Waals surface area contributed by atoms with Crippen molar-refractivity contribution >= 4 is 22.9 Å². The number of hydrogen-bond acceptors (Lipinski definition) is 6. The molecule has 1 aromatic carbocycles. The average Bonchev–Trinajstić information content (AvgIpc) is 3.03. The van der Waals surface area contributed by atoms with Gasteiger partial charge in [0.2, 0.25) is 0 Å². The molecule has 1 aliphatic heterocycles. The van der Waals surface area contributed by atoms with Crippen molar-refractivity contribution in [2.45, 2.75) is 26.9 Å². The summed E-state index contributed by atoms with van der Waals surface area (Å²) in [5.41, 5.74) is 2.58. The van der Waals surface area contributed by atoms with Crippen LogP contribution in [0.3, 0.4) is 0 Å². The first-order chi connectivity index (χ1) is 12.5. The van der Waals surface area contributed by atoms with E-state index in [2.05, 4.69) is 15.0 Å². The number of benzene rings is 1. The number of fused-ring (bicyclic) bond motifs is 1. The quantitative estimate of drug-likeness (QED) is 0.692. The number of aryl methyl sites for hydroxylation is 2. The van der Waals surface area contributed by atoms with Crippen LogP contribution in [0.25, 0.3) is 10.8 Å². The molecule has 0 N–H and O–H groups in total. The Morgan fingerprint density at radius 2 is 2.04 bits per heavy atom. The maximum Gasteiger partial charge on any atom is 0.270 e. The molecule has 4 rings (SSSR count). The highest BCUT2D eigenvalue weighted by atomic mass is 32.1. The van der Waals surface area contributed by atoms with Crippen molar-refractivity contribution in [1.29, 1.82) is 0 Å². The highest BCUT2D eigenvalue weighted by Crippen LogP contribution is 2.36. The molecule has 26 heavy (non-hydrogen) atoms. The molecule has 0 aliphatic carbocycles. The lowest BCUT2D eigenvalue weighted by Crippen LogP contribution is -2.42. The van der Waals surface area contributed by atoms with Gasteiger partial charge in [0, 0.05) is 12.4 Å². The van der Waals surface area contributed by atoms with Crippen LogP contribution >= 0.6 is 11.3 Å². The zero-order chi connectivity index (χ0) is 18.3. The lowest BCUT2D eigenvalue weighted by atomic mass is 10.1. The Bertz CT molecular complexity index is 971. The summed E-state index contributed by atoms with van der Waals surface area (Å²) in [4.78, 5) is 28.6. The number of ether oxygens (including phenoxy) is 1. The second-order valence-corrected chi connectivity index (χ2v) is 7.32. The Hall–Kier alpha value is -2.80. The normalized spacial score (nSPS) is 16.1. The van der Waals surface area contributed by atoms with Crippen molar-refractivity contribution < 1.29 is 9.53 Å². The van der Waals surface area contributed by atoms with Crippen LogP contribution in [0.2, 0.25) is 0 Å². The minimum absolute atomic E-state index is 0.0656. The van der Waals surface area contributed by atoms with Gasteiger partial charge in [-0.25, -0.2) is 15.0 Å². The maximum atomic E-state index is 13.3. The minimum atomic E-state index is -0.0701. The molecule has 0 radical (unpaired) electrons. The standard InChI is InChI=1S/C19H18N4O2S/c1-11-5-6-15-14(9-11)23(10-12(2)25-15)19(24)16-13(3)22-18(26-16)17-20-7-4-8-21-17/h4-9,12H,10H2,1-3H3. The molecule has 1 atom stereocenters. The van der Waals surface area contributed by atoms with E-state index in [4.69, 9.17) is 4.74 Å². The highest BCUT2D eigenvalue weighted by molar-refractivity contribution is 7.17. The summed E-state index contributed by atoms with van der Waals surface area (Å²) in [6.45, 7) is 6.32. The van der Waals surface area contributed by atoms with E-state index in [1.54, 1.807) is 23.4 Å². The molecule has 0 saturated heterocycles. The second-order valence-electron chi connectivity index (χ2n) is 6.32. The predicted octanol–water partition coefficient (Wildman–Crippen LogP) is 3.64. The van der Waals surface area contributed by atoms with Crippen molar-refractivity contribution in [2.24, 2.45) is 0 Å². The fourth-order valence-electron chi connectivity index (χ4n) is 2.96. The summed E-state index contributed by atoms with van der Waals surface area (Å²) >= 11 is 1.33. The number of amides is 1. The summed E-state index contributed by atoms with van der Waals surface area (Å²) in [6.07, 6.45) is 3.27. The fourth-order valence-corrected chi connectivity index (χ4v) is 3.93. The molecule has 1 amide bonds. The Labute approximate surface area is 155 Å². The third kappa shape index (κ3) is 2.94. The molecular weight excluding hydrogens is 348 g/mol. The zero-order valence-corrected chi connectivity index (χ0v) is 15.6. The van der Waals surface area contributed by atoms with E-state index in [0.717, 1.165) is 17.0 Å². The minimum Gasteiger partial charge on any atom is -0.487 e. The number of nitrogens with zero attached hydrogens (tertiary/aromatic N) is 4. The van der Waals surface area contributed by atoms with Gasteiger partial charge < -0.3 is 9.64 Å². The van der Waals surface area contributed by atoms with Crippen LogP contribution in [0.5, 0.6) is 5.75 Å². The van der Waals surface area contributed by atoms with Gasteiger partial charge in [-0.1, -0.05) is 6.07 Å². The molecule has 0 bridgehead atoms. The third-order valence-corrected chi connectivity index (χ3v) is 5.31. The molecule has 7 heteroatoms. The van der Waals surface area contributed by atoms with Gasteiger partial charge in [-0.05, 0) is 44.5 Å². The van der Waals surface area contributed by atoms with Crippen LogP contribution in [0.1, 0.15) is 27.9 Å². The molecule has 2 aromatic heterocycles. The SMILES string of the molecule is Cc1ccc2c(c1)N(C(=O)c1sc(-c3ncccn3)nc1C)CC(C)O2. The van der Waals surface area contributed by atoms with E-state index in [-0.39, 0.29) is 12.0 Å². The van der Waals surface area contributed by atoms with Gasteiger partial charge in [-0.3, -0.25) is 4.79 Å². The third-order valence-electron chi connectivity index (χ3n) is 4.17. The van der Waals surface area contributed by atoms with E-state index in [1.165, 1.54) is 11.3 Å². The van der Waals surface area contributed by atoms with Crippen molar-refractivity contribution in [3.63, 3.8) is 0 Å². The molecule has 3 heterocycles. The van der Waals surface area contributed by atoms with Crippen LogP contribution < -0.4 is 9.64 Å². The Balaban J connectivity index is 1.73. The average molecular weight is 366 g/mol. The highest BCUT2D eigenvalue weighted by Gasteiger charge is 2.31. The van der Waals surface area contributed by atoms with Crippen LogP contribution in [0, 0.1) is 13.8 Å². The number of carbonyl (C=O) groups excluding carboxylic acids is 1. The van der Waals surface area contributed by atoms with Crippen LogP contribution in [0.4, 0.5) is 5.69 Å². The lowest BCUT2D eigenvalue weighted by molar-refractivity contribution is 0.0964. The topological polar surface area (TPSA) is 68.2 Å². The van der Waals surface area contributed by atoms with Crippen LogP contribution in [0.15, 0.2) is 36.7 Å². The number of anilines is 1. The molecule has 132 valence electrons. The molecular formula is C19H18N4O2S. The molecule has 0 saturated carbocycles. The number of aromatic nitrogens is 3. The summed E-state index contributed by atoms with van der Waals surface area (Å²) in [5, 5.41) is 0.650. The largest absolute Gasteiger partial charge is 0.487 e. The predicted molar refractivity (Wildman–Crippen MR) is 101 cm³/mol. The number of hydrogen-bond donors (Lipinski definition) is 0. The van der Waals surface area contributed by atoms with E-state index in [1.807, 2.05) is 39.0 Å². The summed E-state index contributed by atoms with van der Waals surface area (Å²) < 4.78 is 5.88. The van der Waals surface area contributed by atoms with Gasteiger partial charge in [0.25, 0.3) is 5.91 Å². The van der Waals surface area contributed by atoms with Gasteiger partial charge >= 0.3 is 0 Å². The van der Waals surface area contributed by atoms with Crippen molar-refractivity contribution in [3.05, 3.63) is 52.8 Å². The first kappa shape index (κ1) is 16.7. The van der Waals surface area contributed by atoms with Crippen molar-refractivity contribution in [1.82, 2.24) is 15.0 Å². The monoisotopic (exact) mass is 366 g/mol. The van der Waals surface area contributed by atoms with Crippen LogP contribution in [-0.4, -0.2) is 33.5 Å². The molecule has 1 unspecified atom stereocenters.